The van der Waals surface area contributed by atoms with Gasteiger partial charge in [0.15, 0.2) is 10.8 Å². The number of piperazine rings is 1. The highest BCUT2D eigenvalue weighted by Gasteiger charge is 2.25. The summed E-state index contributed by atoms with van der Waals surface area (Å²) in [6.07, 6.45) is 1.53. The van der Waals surface area contributed by atoms with Crippen LogP contribution in [0.5, 0.6) is 0 Å². The molecule has 2 aromatic rings. The van der Waals surface area contributed by atoms with Gasteiger partial charge in [-0.1, -0.05) is 5.21 Å². The lowest BCUT2D eigenvalue weighted by atomic mass is 10.3. The lowest BCUT2D eigenvalue weighted by Gasteiger charge is -2.34. The van der Waals surface area contributed by atoms with Crippen LogP contribution in [0.15, 0.2) is 11.6 Å². The van der Waals surface area contributed by atoms with Crippen molar-refractivity contribution in [2.24, 2.45) is 0 Å². The quantitative estimate of drug-likeness (QED) is 0.765. The second-order valence-corrected chi connectivity index (χ2v) is 6.98. The van der Waals surface area contributed by atoms with Gasteiger partial charge in [-0.2, -0.15) is 0 Å². The normalized spacial score (nSPS) is 14.7. The molecular formula is C15H21N7O2S. The molecular weight excluding hydrogens is 342 g/mol. The maximum atomic E-state index is 12.6. The summed E-state index contributed by atoms with van der Waals surface area (Å²) in [5.74, 6) is -0.255. The Morgan fingerprint density at radius 2 is 1.96 bits per heavy atom. The van der Waals surface area contributed by atoms with Gasteiger partial charge in [0.05, 0.1) is 11.9 Å². The zero-order valence-corrected chi connectivity index (χ0v) is 15.4. The molecule has 0 aromatic carbocycles. The van der Waals surface area contributed by atoms with Crippen LogP contribution in [0.3, 0.4) is 0 Å². The molecule has 0 radical (unpaired) electrons. The Hall–Kier alpha value is -2.49. The van der Waals surface area contributed by atoms with Gasteiger partial charge in [0.25, 0.3) is 5.91 Å². The van der Waals surface area contributed by atoms with E-state index in [0.29, 0.717) is 13.1 Å². The molecule has 2 amide bonds. The fourth-order valence-corrected chi connectivity index (χ4v) is 3.36. The first-order valence-electron chi connectivity index (χ1n) is 8.00. The van der Waals surface area contributed by atoms with Crippen LogP contribution in [-0.2, 0) is 11.3 Å². The van der Waals surface area contributed by atoms with Crippen molar-refractivity contribution in [1.82, 2.24) is 29.8 Å². The van der Waals surface area contributed by atoms with Crippen LogP contribution >= 0.6 is 11.3 Å². The molecule has 0 saturated carbocycles. The first kappa shape index (κ1) is 17.3. The topological polar surface area (TPSA) is 87.5 Å². The Kier molecular flexibility index (Phi) is 4.98. The van der Waals surface area contributed by atoms with Crippen molar-refractivity contribution in [2.45, 2.75) is 13.5 Å². The third kappa shape index (κ3) is 3.95. The van der Waals surface area contributed by atoms with E-state index in [9.17, 15) is 9.59 Å². The highest BCUT2D eigenvalue weighted by atomic mass is 32.1. The third-order valence-corrected chi connectivity index (χ3v) is 5.02. The average molecular weight is 363 g/mol. The van der Waals surface area contributed by atoms with E-state index in [2.05, 4.69) is 20.2 Å². The predicted molar refractivity (Wildman–Crippen MR) is 93.7 cm³/mol. The molecule has 0 unspecified atom stereocenters. The summed E-state index contributed by atoms with van der Waals surface area (Å²) >= 11 is 1.62. The minimum absolute atomic E-state index is 0.0739. The molecule has 1 aliphatic heterocycles. The summed E-state index contributed by atoms with van der Waals surface area (Å²) in [5, 5.41) is 10.8. The first-order chi connectivity index (χ1) is 11.9. The number of aryl methyl sites for hydroxylation is 1. The number of amides is 2. The van der Waals surface area contributed by atoms with Gasteiger partial charge >= 0.3 is 0 Å². The van der Waals surface area contributed by atoms with Crippen LogP contribution in [-0.4, -0.2) is 81.9 Å². The van der Waals surface area contributed by atoms with Crippen molar-refractivity contribution in [1.29, 1.82) is 0 Å². The molecule has 3 heterocycles. The molecule has 10 heteroatoms. The van der Waals surface area contributed by atoms with E-state index in [-0.39, 0.29) is 24.1 Å². The Balaban J connectivity index is 1.57. The summed E-state index contributed by atoms with van der Waals surface area (Å²) < 4.78 is 1.39. The van der Waals surface area contributed by atoms with Gasteiger partial charge in [0, 0.05) is 45.7 Å². The number of hydrogen-bond acceptors (Lipinski definition) is 7. The van der Waals surface area contributed by atoms with E-state index in [0.717, 1.165) is 23.9 Å². The van der Waals surface area contributed by atoms with Crippen LogP contribution < -0.4 is 4.90 Å². The second kappa shape index (κ2) is 7.18. The lowest BCUT2D eigenvalue weighted by Crippen LogP contribution is -2.48. The zero-order valence-electron chi connectivity index (χ0n) is 14.5. The maximum Gasteiger partial charge on any atom is 0.276 e. The summed E-state index contributed by atoms with van der Waals surface area (Å²) in [4.78, 5) is 34.2. The number of carbonyl (C=O) groups excluding carboxylic acids is 2. The van der Waals surface area contributed by atoms with Crippen molar-refractivity contribution in [3.8, 4) is 0 Å². The first-order valence-corrected chi connectivity index (χ1v) is 8.88. The van der Waals surface area contributed by atoms with E-state index in [1.54, 1.807) is 30.3 Å². The summed E-state index contributed by atoms with van der Waals surface area (Å²) in [7, 11) is 3.35. The lowest BCUT2D eigenvalue weighted by molar-refractivity contribution is -0.129. The smallest absolute Gasteiger partial charge is 0.276 e. The molecule has 134 valence electrons. The third-order valence-electron chi connectivity index (χ3n) is 4.00. The van der Waals surface area contributed by atoms with Crippen molar-refractivity contribution in [2.75, 3.05) is 45.2 Å². The maximum absolute atomic E-state index is 12.6. The number of anilines is 1. The number of aromatic nitrogens is 4. The van der Waals surface area contributed by atoms with Crippen LogP contribution in [0.25, 0.3) is 0 Å². The van der Waals surface area contributed by atoms with Gasteiger partial charge < -0.3 is 14.7 Å². The standard InChI is InChI=1S/C15H21N7O2S/c1-11-10-25-15(16-11)21-6-4-20(5-7-21)14(24)12-8-22(18-17-12)9-13(23)19(2)3/h8,10H,4-7,9H2,1-3H3. The highest BCUT2D eigenvalue weighted by Crippen LogP contribution is 2.21. The van der Waals surface area contributed by atoms with Crippen LogP contribution in [0.4, 0.5) is 5.13 Å². The summed E-state index contributed by atoms with van der Waals surface area (Å²) in [6.45, 7) is 4.76. The van der Waals surface area contributed by atoms with Crippen LogP contribution in [0.1, 0.15) is 16.2 Å². The molecule has 0 atom stereocenters. The molecule has 0 bridgehead atoms. The number of carbonyl (C=O) groups is 2. The van der Waals surface area contributed by atoms with Crippen molar-refractivity contribution in [3.05, 3.63) is 23.0 Å². The van der Waals surface area contributed by atoms with E-state index >= 15 is 0 Å². The molecule has 2 aromatic heterocycles. The van der Waals surface area contributed by atoms with Gasteiger partial charge in [0.1, 0.15) is 6.54 Å². The number of likely N-dealkylation sites (N-methyl/N-ethyl adjacent to an activating group) is 1. The summed E-state index contributed by atoms with van der Waals surface area (Å²) in [6, 6.07) is 0. The fraction of sp³-hybridized carbons (Fsp3) is 0.533. The van der Waals surface area contributed by atoms with Gasteiger partial charge in [0.2, 0.25) is 5.91 Å². The Morgan fingerprint density at radius 3 is 2.56 bits per heavy atom. The van der Waals surface area contributed by atoms with Crippen molar-refractivity contribution in [3.63, 3.8) is 0 Å². The second-order valence-electron chi connectivity index (χ2n) is 6.14. The largest absolute Gasteiger partial charge is 0.347 e. The number of thiazole rings is 1. The van der Waals surface area contributed by atoms with E-state index in [4.69, 9.17) is 0 Å². The number of rotatable bonds is 4. The molecule has 1 saturated heterocycles. The minimum atomic E-state index is -0.154. The molecule has 1 fully saturated rings. The fourth-order valence-electron chi connectivity index (χ4n) is 2.50. The highest BCUT2D eigenvalue weighted by molar-refractivity contribution is 7.13. The molecule has 0 spiro atoms. The molecule has 3 rings (SSSR count). The van der Waals surface area contributed by atoms with Crippen LogP contribution in [0.2, 0.25) is 0 Å². The van der Waals surface area contributed by atoms with Gasteiger partial charge in [-0.25, -0.2) is 9.67 Å². The number of nitrogens with zero attached hydrogens (tertiary/aromatic N) is 7. The molecule has 9 nitrogen and oxygen atoms in total. The van der Waals surface area contributed by atoms with E-state index in [1.165, 1.54) is 15.8 Å². The van der Waals surface area contributed by atoms with Crippen molar-refractivity contribution < 1.29 is 9.59 Å². The van der Waals surface area contributed by atoms with E-state index in [1.807, 2.05) is 12.3 Å². The predicted octanol–water partition coefficient (Wildman–Crippen LogP) is 0.0936. The average Bonchev–Trinajstić information content (AvgIpc) is 3.23. The molecule has 25 heavy (non-hydrogen) atoms. The molecule has 0 aliphatic carbocycles. The van der Waals surface area contributed by atoms with Gasteiger partial charge in [-0.05, 0) is 6.92 Å². The zero-order chi connectivity index (χ0) is 18.0. The Morgan fingerprint density at radius 1 is 1.24 bits per heavy atom. The van der Waals surface area contributed by atoms with Crippen LogP contribution in [0, 0.1) is 6.92 Å². The Bertz CT molecular complexity index is 762. The number of hydrogen-bond donors (Lipinski definition) is 0. The monoisotopic (exact) mass is 363 g/mol. The summed E-state index contributed by atoms with van der Waals surface area (Å²) in [5.41, 5.74) is 1.28. The Labute approximate surface area is 149 Å². The van der Waals surface area contributed by atoms with Gasteiger partial charge in [-0.3, -0.25) is 9.59 Å². The minimum Gasteiger partial charge on any atom is -0.347 e. The SMILES string of the molecule is Cc1csc(N2CCN(C(=O)c3cn(CC(=O)N(C)C)nn3)CC2)n1. The van der Waals surface area contributed by atoms with Crippen molar-refractivity contribution >= 4 is 28.3 Å². The van der Waals surface area contributed by atoms with E-state index < -0.39 is 0 Å². The molecule has 1 aliphatic rings. The van der Waals surface area contributed by atoms with Gasteiger partial charge in [-0.15, -0.1) is 16.4 Å². The molecule has 0 N–H and O–H groups in total.